The molecule has 2 aromatic carbocycles. The number of aromatic nitrogens is 2. The van der Waals surface area contributed by atoms with Gasteiger partial charge in [-0.1, -0.05) is 11.8 Å². The number of hydrogen-bond acceptors (Lipinski definition) is 6. The maximum absolute atomic E-state index is 13.2. The fourth-order valence-corrected chi connectivity index (χ4v) is 3.32. The molecule has 0 bridgehead atoms. The van der Waals surface area contributed by atoms with Gasteiger partial charge in [-0.15, -0.1) is 0 Å². The lowest BCUT2D eigenvalue weighted by Gasteiger charge is -2.12. The molecule has 3 rings (SSSR count). The van der Waals surface area contributed by atoms with Crippen molar-refractivity contribution in [2.24, 2.45) is 0 Å². The van der Waals surface area contributed by atoms with Gasteiger partial charge in [0.2, 0.25) is 11.8 Å². The van der Waals surface area contributed by atoms with E-state index >= 15 is 0 Å². The van der Waals surface area contributed by atoms with Crippen LogP contribution in [-0.2, 0) is 4.79 Å². The molecule has 0 saturated heterocycles. The molecule has 2 N–H and O–H groups in total. The summed E-state index contributed by atoms with van der Waals surface area (Å²) >= 11 is 0.974. The van der Waals surface area contributed by atoms with E-state index in [1.165, 1.54) is 28.8 Å². The van der Waals surface area contributed by atoms with Crippen molar-refractivity contribution in [3.05, 3.63) is 70.8 Å². The summed E-state index contributed by atoms with van der Waals surface area (Å²) in [4.78, 5) is 28.5. The number of halogens is 1. The van der Waals surface area contributed by atoms with Gasteiger partial charge in [-0.2, -0.15) is 4.98 Å². The van der Waals surface area contributed by atoms with Crippen LogP contribution in [0.15, 0.2) is 64.5 Å². The Kier molecular flexibility index (Phi) is 6.50. The number of carbonyl (C=O) groups is 1. The van der Waals surface area contributed by atoms with Crippen LogP contribution >= 0.6 is 11.8 Å². The van der Waals surface area contributed by atoms with Crippen LogP contribution in [0.5, 0.6) is 11.6 Å². The zero-order chi connectivity index (χ0) is 20.8. The van der Waals surface area contributed by atoms with E-state index in [9.17, 15) is 19.1 Å². The second kappa shape index (κ2) is 9.24. The molecule has 0 unspecified atom stereocenters. The SMILES string of the molecule is CCOc1ccc(NC(=O)CSc2nc(O)cc(=O)n2-c2ccc(F)cc2)cc1. The summed E-state index contributed by atoms with van der Waals surface area (Å²) in [6.07, 6.45) is 0. The number of amides is 1. The van der Waals surface area contributed by atoms with Gasteiger partial charge in [0.25, 0.3) is 5.56 Å². The molecule has 0 atom stereocenters. The molecule has 7 nitrogen and oxygen atoms in total. The number of aromatic hydroxyl groups is 1. The summed E-state index contributed by atoms with van der Waals surface area (Å²) in [6, 6.07) is 13.1. The molecule has 0 aliphatic heterocycles. The first kappa shape index (κ1) is 20.4. The smallest absolute Gasteiger partial charge is 0.262 e. The number of nitrogens with zero attached hydrogens (tertiary/aromatic N) is 2. The molecule has 1 amide bonds. The van der Waals surface area contributed by atoms with E-state index in [0.717, 1.165) is 17.8 Å². The highest BCUT2D eigenvalue weighted by Crippen LogP contribution is 2.21. The number of nitrogens with one attached hydrogen (secondary N) is 1. The largest absolute Gasteiger partial charge is 0.494 e. The third-order valence-electron chi connectivity index (χ3n) is 3.74. The minimum absolute atomic E-state index is 0.0513. The molecule has 0 spiro atoms. The normalized spacial score (nSPS) is 10.6. The maximum Gasteiger partial charge on any atom is 0.262 e. The minimum atomic E-state index is -0.543. The third kappa shape index (κ3) is 5.35. The highest BCUT2D eigenvalue weighted by molar-refractivity contribution is 7.99. The van der Waals surface area contributed by atoms with E-state index < -0.39 is 17.3 Å². The Balaban J connectivity index is 1.73. The second-order valence-electron chi connectivity index (χ2n) is 5.84. The van der Waals surface area contributed by atoms with Crippen LogP contribution < -0.4 is 15.6 Å². The van der Waals surface area contributed by atoms with Crippen molar-refractivity contribution in [1.82, 2.24) is 9.55 Å². The first-order valence-corrected chi connectivity index (χ1v) is 9.69. The number of ether oxygens (including phenoxy) is 1. The molecule has 3 aromatic rings. The first-order valence-electron chi connectivity index (χ1n) is 8.71. The Bertz CT molecular complexity index is 1050. The summed E-state index contributed by atoms with van der Waals surface area (Å²) in [7, 11) is 0. The third-order valence-corrected chi connectivity index (χ3v) is 4.68. The van der Waals surface area contributed by atoms with Crippen molar-refractivity contribution in [3.8, 4) is 17.3 Å². The van der Waals surface area contributed by atoms with Gasteiger partial charge in [-0.3, -0.25) is 14.2 Å². The molecule has 9 heteroatoms. The van der Waals surface area contributed by atoms with Gasteiger partial charge >= 0.3 is 0 Å². The highest BCUT2D eigenvalue weighted by atomic mass is 32.2. The zero-order valence-corrected chi connectivity index (χ0v) is 16.3. The average Bonchev–Trinajstić information content (AvgIpc) is 2.69. The van der Waals surface area contributed by atoms with Gasteiger partial charge in [-0.05, 0) is 55.5 Å². The van der Waals surface area contributed by atoms with Crippen LogP contribution in [0.4, 0.5) is 10.1 Å². The molecule has 29 heavy (non-hydrogen) atoms. The summed E-state index contributed by atoms with van der Waals surface area (Å²) in [5.74, 6) is -0.570. The quantitative estimate of drug-likeness (QED) is 0.455. The van der Waals surface area contributed by atoms with Crippen molar-refractivity contribution in [2.45, 2.75) is 12.1 Å². The van der Waals surface area contributed by atoms with E-state index in [2.05, 4.69) is 10.3 Å². The average molecular weight is 415 g/mol. The van der Waals surface area contributed by atoms with Gasteiger partial charge in [0.1, 0.15) is 11.6 Å². The van der Waals surface area contributed by atoms with Crippen molar-refractivity contribution in [3.63, 3.8) is 0 Å². The standard InChI is InChI=1S/C20H18FN3O4S/c1-2-28-16-9-5-14(6-10-16)22-18(26)12-29-20-23-17(25)11-19(27)24(20)15-7-3-13(21)4-8-15/h3-11,25H,2,12H2,1H3,(H,22,26). The molecule has 0 radical (unpaired) electrons. The van der Waals surface area contributed by atoms with Crippen molar-refractivity contribution >= 4 is 23.4 Å². The fraction of sp³-hybridized carbons (Fsp3) is 0.150. The van der Waals surface area contributed by atoms with Crippen LogP contribution in [0.25, 0.3) is 5.69 Å². The van der Waals surface area contributed by atoms with Gasteiger partial charge in [-0.25, -0.2) is 4.39 Å². The van der Waals surface area contributed by atoms with Crippen LogP contribution in [0.2, 0.25) is 0 Å². The number of benzene rings is 2. The molecule has 0 aliphatic rings. The van der Waals surface area contributed by atoms with E-state index in [0.29, 0.717) is 23.7 Å². The highest BCUT2D eigenvalue weighted by Gasteiger charge is 2.13. The molecule has 1 heterocycles. The van der Waals surface area contributed by atoms with E-state index in [1.54, 1.807) is 24.3 Å². The Morgan fingerprint density at radius 2 is 1.90 bits per heavy atom. The van der Waals surface area contributed by atoms with Gasteiger partial charge in [0.15, 0.2) is 5.16 Å². The molecule has 1 aromatic heterocycles. The van der Waals surface area contributed by atoms with Crippen molar-refractivity contribution < 1.29 is 19.0 Å². The van der Waals surface area contributed by atoms with E-state index in [4.69, 9.17) is 4.74 Å². The van der Waals surface area contributed by atoms with Gasteiger partial charge < -0.3 is 15.2 Å². The predicted molar refractivity (Wildman–Crippen MR) is 108 cm³/mol. The Morgan fingerprint density at radius 1 is 1.21 bits per heavy atom. The molecule has 0 saturated carbocycles. The van der Waals surface area contributed by atoms with Crippen LogP contribution in [0, 0.1) is 5.82 Å². The summed E-state index contributed by atoms with van der Waals surface area (Å²) < 4.78 is 19.7. The lowest BCUT2D eigenvalue weighted by Crippen LogP contribution is -2.21. The Hall–Kier alpha value is -3.33. The molecule has 150 valence electrons. The minimum Gasteiger partial charge on any atom is -0.494 e. The van der Waals surface area contributed by atoms with Crippen molar-refractivity contribution in [2.75, 3.05) is 17.7 Å². The monoisotopic (exact) mass is 415 g/mol. The number of carbonyl (C=O) groups excluding carboxylic acids is 1. The first-order chi connectivity index (χ1) is 14.0. The lowest BCUT2D eigenvalue weighted by molar-refractivity contribution is -0.113. The topological polar surface area (TPSA) is 93.5 Å². The Morgan fingerprint density at radius 3 is 2.55 bits per heavy atom. The van der Waals surface area contributed by atoms with E-state index in [-0.39, 0.29) is 16.8 Å². The fourth-order valence-electron chi connectivity index (χ4n) is 2.50. The van der Waals surface area contributed by atoms with Crippen LogP contribution in [0.3, 0.4) is 0 Å². The lowest BCUT2D eigenvalue weighted by atomic mass is 10.3. The number of thioether (sulfide) groups is 1. The second-order valence-corrected chi connectivity index (χ2v) is 6.78. The molecule has 0 aliphatic carbocycles. The van der Waals surface area contributed by atoms with Crippen molar-refractivity contribution in [1.29, 1.82) is 0 Å². The van der Waals surface area contributed by atoms with Gasteiger partial charge in [0.05, 0.1) is 24.1 Å². The number of hydrogen-bond donors (Lipinski definition) is 2. The van der Waals surface area contributed by atoms with Crippen LogP contribution in [-0.4, -0.2) is 32.9 Å². The predicted octanol–water partition coefficient (Wildman–Crippen LogP) is 3.21. The van der Waals surface area contributed by atoms with E-state index in [1.807, 2.05) is 6.92 Å². The summed E-state index contributed by atoms with van der Waals surface area (Å²) in [5, 5.41) is 12.5. The Labute approximate surface area is 170 Å². The number of anilines is 1. The maximum atomic E-state index is 13.2. The molecular formula is C20H18FN3O4S. The zero-order valence-electron chi connectivity index (χ0n) is 15.5. The summed E-state index contributed by atoms with van der Waals surface area (Å²) in [5.41, 5.74) is 0.427. The molecular weight excluding hydrogens is 397 g/mol. The van der Waals surface area contributed by atoms with Gasteiger partial charge in [0, 0.05) is 5.69 Å². The molecule has 0 fully saturated rings. The number of rotatable bonds is 7. The van der Waals surface area contributed by atoms with Crippen LogP contribution in [0.1, 0.15) is 6.92 Å². The summed E-state index contributed by atoms with van der Waals surface area (Å²) in [6.45, 7) is 2.43.